The third-order valence-electron chi connectivity index (χ3n) is 6.37. The molecule has 3 heterocycles. The normalized spacial score (nSPS) is 24.1. The quantitative estimate of drug-likeness (QED) is 0.742. The molecule has 2 aliphatic rings. The van der Waals surface area contributed by atoms with E-state index in [0.29, 0.717) is 23.7 Å². The van der Waals surface area contributed by atoms with E-state index in [-0.39, 0.29) is 0 Å². The summed E-state index contributed by atoms with van der Waals surface area (Å²) in [6, 6.07) is 15.4. The summed E-state index contributed by atoms with van der Waals surface area (Å²) >= 11 is 0. The second-order valence-electron chi connectivity index (χ2n) is 7.85. The van der Waals surface area contributed by atoms with Gasteiger partial charge in [0.15, 0.2) is 0 Å². The number of benzene rings is 2. The molecule has 2 aromatic carbocycles. The van der Waals surface area contributed by atoms with Gasteiger partial charge in [0.25, 0.3) is 0 Å². The van der Waals surface area contributed by atoms with Gasteiger partial charge in [-0.3, -0.25) is 14.4 Å². The first-order chi connectivity index (χ1) is 13.6. The van der Waals surface area contributed by atoms with Crippen LogP contribution in [0.3, 0.4) is 0 Å². The van der Waals surface area contributed by atoms with E-state index < -0.39 is 5.91 Å². The molecule has 2 saturated heterocycles. The number of methoxy groups -OCH3 is 1. The number of nitrogens with zero attached hydrogens (tertiary/aromatic N) is 3. The fourth-order valence-electron chi connectivity index (χ4n) is 4.99. The van der Waals surface area contributed by atoms with Crippen molar-refractivity contribution in [2.45, 2.75) is 43.9 Å². The topological polar surface area (TPSA) is 73.4 Å². The minimum Gasteiger partial charge on any atom is -0.497 e. The molecule has 0 aliphatic carbocycles. The minimum absolute atomic E-state index is 0.369. The second-order valence-corrected chi connectivity index (χ2v) is 7.85. The SMILES string of the molecule is COc1ccc(CN2[C@H]3CC[C@@H]2[C@H](n2ncc4cc(C(N)=O)ccc42)C3)cc1. The second kappa shape index (κ2) is 6.63. The van der Waals surface area contributed by atoms with Gasteiger partial charge in [0.2, 0.25) is 5.91 Å². The molecule has 0 unspecified atom stereocenters. The summed E-state index contributed by atoms with van der Waals surface area (Å²) in [5.41, 5.74) is 8.33. The van der Waals surface area contributed by atoms with Gasteiger partial charge in [0.1, 0.15) is 5.75 Å². The van der Waals surface area contributed by atoms with Crippen LogP contribution in [-0.2, 0) is 6.54 Å². The van der Waals surface area contributed by atoms with Crippen molar-refractivity contribution in [1.29, 1.82) is 0 Å². The standard InChI is InChI=1S/C22H24N4O2/c1-28-18-6-2-14(3-7-18)13-25-17-5-9-20(25)21(11-17)26-19-8-4-15(22(23)27)10-16(19)12-24-26/h2-4,6-8,10,12,17,20-21H,5,9,11,13H2,1H3,(H2,23,27)/t17-,20+,21+/m0/s1. The van der Waals surface area contributed by atoms with E-state index in [4.69, 9.17) is 10.5 Å². The van der Waals surface area contributed by atoms with Gasteiger partial charge in [-0.2, -0.15) is 5.10 Å². The highest BCUT2D eigenvalue weighted by Gasteiger charge is 2.47. The first-order valence-corrected chi connectivity index (χ1v) is 9.80. The Morgan fingerprint density at radius 3 is 2.75 bits per heavy atom. The number of carbonyl (C=O) groups excluding carboxylic acids is 1. The van der Waals surface area contributed by atoms with E-state index in [1.165, 1.54) is 18.4 Å². The molecular formula is C22H24N4O2. The summed E-state index contributed by atoms with van der Waals surface area (Å²) < 4.78 is 7.43. The Morgan fingerprint density at radius 1 is 1.18 bits per heavy atom. The smallest absolute Gasteiger partial charge is 0.248 e. The molecular weight excluding hydrogens is 352 g/mol. The molecule has 2 aliphatic heterocycles. The van der Waals surface area contributed by atoms with Crippen LogP contribution in [-0.4, -0.2) is 39.8 Å². The van der Waals surface area contributed by atoms with Crippen molar-refractivity contribution < 1.29 is 9.53 Å². The zero-order valence-electron chi connectivity index (χ0n) is 15.9. The third kappa shape index (κ3) is 2.76. The van der Waals surface area contributed by atoms with Gasteiger partial charge < -0.3 is 10.5 Å². The van der Waals surface area contributed by atoms with Crippen molar-refractivity contribution in [3.05, 3.63) is 59.8 Å². The summed E-state index contributed by atoms with van der Waals surface area (Å²) in [5.74, 6) is 0.490. The van der Waals surface area contributed by atoms with E-state index in [2.05, 4.69) is 26.8 Å². The predicted octanol–water partition coefficient (Wildman–Crippen LogP) is 3.12. The zero-order chi connectivity index (χ0) is 19.3. The average Bonchev–Trinajstić information content (AvgIpc) is 3.40. The molecule has 3 atom stereocenters. The Kier molecular flexibility index (Phi) is 4.09. The molecule has 2 N–H and O–H groups in total. The number of fused-ring (bicyclic) bond motifs is 3. The molecule has 1 amide bonds. The van der Waals surface area contributed by atoms with Gasteiger partial charge in [-0.05, 0) is 55.2 Å². The van der Waals surface area contributed by atoms with Crippen LogP contribution in [0.4, 0.5) is 0 Å². The van der Waals surface area contributed by atoms with Crippen LogP contribution in [0.1, 0.15) is 41.2 Å². The molecule has 2 fully saturated rings. The lowest BCUT2D eigenvalue weighted by Gasteiger charge is -2.25. The number of amides is 1. The zero-order valence-corrected chi connectivity index (χ0v) is 15.9. The number of hydrogen-bond donors (Lipinski definition) is 1. The maximum absolute atomic E-state index is 11.4. The van der Waals surface area contributed by atoms with Crippen LogP contribution >= 0.6 is 0 Å². The molecule has 6 nitrogen and oxygen atoms in total. The van der Waals surface area contributed by atoms with Crippen molar-refractivity contribution in [2.24, 2.45) is 5.73 Å². The lowest BCUT2D eigenvalue weighted by molar-refractivity contribution is 0.100. The van der Waals surface area contributed by atoms with Gasteiger partial charge in [-0.25, -0.2) is 0 Å². The summed E-state index contributed by atoms with van der Waals surface area (Å²) in [5, 5.41) is 5.65. The monoisotopic (exact) mass is 376 g/mol. The van der Waals surface area contributed by atoms with Crippen molar-refractivity contribution in [2.75, 3.05) is 7.11 Å². The largest absolute Gasteiger partial charge is 0.497 e. The number of hydrogen-bond acceptors (Lipinski definition) is 4. The van der Waals surface area contributed by atoms with E-state index in [0.717, 1.165) is 29.6 Å². The highest BCUT2D eigenvalue weighted by atomic mass is 16.5. The van der Waals surface area contributed by atoms with Crippen LogP contribution < -0.4 is 10.5 Å². The fourth-order valence-corrected chi connectivity index (χ4v) is 4.99. The Balaban J connectivity index is 1.40. The summed E-state index contributed by atoms with van der Waals surface area (Å²) in [4.78, 5) is 14.1. The Labute approximate surface area is 163 Å². The first-order valence-electron chi connectivity index (χ1n) is 9.80. The van der Waals surface area contributed by atoms with Crippen LogP contribution in [0, 0.1) is 0 Å². The van der Waals surface area contributed by atoms with Crippen LogP contribution in [0.15, 0.2) is 48.7 Å². The molecule has 3 aromatic rings. The minimum atomic E-state index is -0.403. The Hall–Kier alpha value is -2.86. The van der Waals surface area contributed by atoms with E-state index >= 15 is 0 Å². The van der Waals surface area contributed by atoms with E-state index in [9.17, 15) is 4.79 Å². The summed E-state index contributed by atoms with van der Waals surface area (Å²) in [6.07, 6.45) is 5.42. The lowest BCUT2D eigenvalue weighted by Crippen LogP contribution is -2.31. The Morgan fingerprint density at radius 2 is 2.00 bits per heavy atom. The number of nitrogens with two attached hydrogens (primary N) is 1. The van der Waals surface area contributed by atoms with Crippen molar-refractivity contribution in [1.82, 2.24) is 14.7 Å². The molecule has 2 bridgehead atoms. The fraction of sp³-hybridized carbons (Fsp3) is 0.364. The number of ether oxygens (including phenoxy) is 1. The van der Waals surface area contributed by atoms with Crippen molar-refractivity contribution >= 4 is 16.8 Å². The average molecular weight is 376 g/mol. The summed E-state index contributed by atoms with van der Waals surface area (Å²) in [6.45, 7) is 0.959. The first kappa shape index (κ1) is 17.3. The molecule has 5 rings (SSSR count). The van der Waals surface area contributed by atoms with Crippen molar-refractivity contribution in [3.8, 4) is 5.75 Å². The van der Waals surface area contributed by atoms with Gasteiger partial charge in [-0.1, -0.05) is 12.1 Å². The van der Waals surface area contributed by atoms with Crippen LogP contribution in [0.25, 0.3) is 10.9 Å². The van der Waals surface area contributed by atoms with E-state index in [1.807, 2.05) is 30.5 Å². The Bertz CT molecular complexity index is 1030. The highest BCUT2D eigenvalue weighted by molar-refractivity contribution is 5.96. The molecule has 144 valence electrons. The number of primary amides is 1. The number of aromatic nitrogens is 2. The van der Waals surface area contributed by atoms with Gasteiger partial charge in [0, 0.05) is 29.6 Å². The van der Waals surface area contributed by atoms with Crippen LogP contribution in [0.5, 0.6) is 5.75 Å². The molecule has 1 aromatic heterocycles. The molecule has 0 spiro atoms. The van der Waals surface area contributed by atoms with Crippen LogP contribution in [0.2, 0.25) is 0 Å². The van der Waals surface area contributed by atoms with Gasteiger partial charge in [-0.15, -0.1) is 0 Å². The van der Waals surface area contributed by atoms with Crippen molar-refractivity contribution in [3.63, 3.8) is 0 Å². The van der Waals surface area contributed by atoms with E-state index in [1.54, 1.807) is 13.2 Å². The molecule has 0 saturated carbocycles. The lowest BCUT2D eigenvalue weighted by atomic mass is 9.95. The maximum Gasteiger partial charge on any atom is 0.248 e. The highest BCUT2D eigenvalue weighted by Crippen LogP contribution is 2.45. The predicted molar refractivity (Wildman–Crippen MR) is 107 cm³/mol. The number of rotatable bonds is 5. The molecule has 6 heteroatoms. The van der Waals surface area contributed by atoms with Gasteiger partial charge >= 0.3 is 0 Å². The molecule has 0 radical (unpaired) electrons. The third-order valence-corrected chi connectivity index (χ3v) is 6.37. The summed E-state index contributed by atoms with van der Waals surface area (Å²) in [7, 11) is 1.70. The maximum atomic E-state index is 11.4. The number of carbonyl (C=O) groups is 1. The molecule has 28 heavy (non-hydrogen) atoms. The van der Waals surface area contributed by atoms with Gasteiger partial charge in [0.05, 0.1) is 24.9 Å².